The van der Waals surface area contributed by atoms with Crippen molar-refractivity contribution >= 4 is 5.97 Å². The summed E-state index contributed by atoms with van der Waals surface area (Å²) in [6.07, 6.45) is 3.59. The van der Waals surface area contributed by atoms with Crippen LogP contribution in [-0.4, -0.2) is 36.6 Å². The third kappa shape index (κ3) is 5.87. The van der Waals surface area contributed by atoms with Crippen molar-refractivity contribution in [1.29, 1.82) is 0 Å². The maximum Gasteiger partial charge on any atom is 0.333 e. The van der Waals surface area contributed by atoms with E-state index in [1.165, 1.54) is 7.11 Å². The third-order valence-electron chi connectivity index (χ3n) is 2.86. The number of rotatable bonds is 7. The normalized spacial score (nSPS) is 12.6. The number of nitrogens with zero attached hydrogens (tertiary/aromatic N) is 1. The number of ether oxygens (including phenoxy) is 1. The molecule has 0 radical (unpaired) electrons. The third-order valence-corrected chi connectivity index (χ3v) is 2.86. The van der Waals surface area contributed by atoms with Gasteiger partial charge in [0.05, 0.1) is 7.11 Å². The fourth-order valence-electron chi connectivity index (χ4n) is 2.03. The molecule has 0 fully saturated rings. The molecule has 0 rings (SSSR count). The van der Waals surface area contributed by atoms with E-state index in [-0.39, 0.29) is 5.97 Å². The Hall–Kier alpha value is -0.830. The summed E-state index contributed by atoms with van der Waals surface area (Å²) in [5.41, 5.74) is 0.793. The van der Waals surface area contributed by atoms with Gasteiger partial charge in [-0.2, -0.15) is 0 Å². The first-order valence-corrected chi connectivity index (χ1v) is 6.47. The molecule has 0 N–H and O–H groups in total. The zero-order chi connectivity index (χ0) is 13.4. The monoisotopic (exact) mass is 241 g/mol. The van der Waals surface area contributed by atoms with Gasteiger partial charge in [0.1, 0.15) is 0 Å². The van der Waals surface area contributed by atoms with Crippen LogP contribution in [0.5, 0.6) is 0 Å². The Morgan fingerprint density at radius 2 is 1.76 bits per heavy atom. The molecule has 0 atom stereocenters. The average Bonchev–Trinajstić information content (AvgIpc) is 2.26. The van der Waals surface area contributed by atoms with Gasteiger partial charge < -0.3 is 4.74 Å². The topological polar surface area (TPSA) is 29.5 Å². The highest BCUT2D eigenvalue weighted by atomic mass is 16.5. The molecule has 0 aliphatic heterocycles. The Balaban J connectivity index is 4.48. The summed E-state index contributed by atoms with van der Waals surface area (Å²) in [6, 6.07) is 0.992. The smallest absolute Gasteiger partial charge is 0.333 e. The molecule has 100 valence electrons. The largest absolute Gasteiger partial charge is 0.466 e. The van der Waals surface area contributed by atoms with Gasteiger partial charge in [-0.25, -0.2) is 4.79 Å². The summed E-state index contributed by atoms with van der Waals surface area (Å²) in [5, 5.41) is 0. The minimum absolute atomic E-state index is 0.195. The van der Waals surface area contributed by atoms with E-state index in [0.717, 1.165) is 25.0 Å². The fraction of sp³-hybridized carbons (Fsp3) is 0.786. The van der Waals surface area contributed by atoms with Gasteiger partial charge in [0.2, 0.25) is 0 Å². The highest BCUT2D eigenvalue weighted by Crippen LogP contribution is 2.11. The molecule has 0 amide bonds. The van der Waals surface area contributed by atoms with Crippen LogP contribution in [0, 0.1) is 0 Å². The van der Waals surface area contributed by atoms with Gasteiger partial charge in [0.25, 0.3) is 0 Å². The van der Waals surface area contributed by atoms with Crippen LogP contribution in [0.2, 0.25) is 0 Å². The molecular weight excluding hydrogens is 214 g/mol. The van der Waals surface area contributed by atoms with Crippen LogP contribution in [0.4, 0.5) is 0 Å². The summed E-state index contributed by atoms with van der Waals surface area (Å²) in [6.45, 7) is 11.7. The molecule has 0 aromatic carbocycles. The highest BCUT2D eigenvalue weighted by molar-refractivity contribution is 5.88. The molecule has 17 heavy (non-hydrogen) atoms. The zero-order valence-electron chi connectivity index (χ0n) is 12.1. The van der Waals surface area contributed by atoms with Crippen LogP contribution in [0.15, 0.2) is 11.6 Å². The van der Waals surface area contributed by atoms with E-state index in [9.17, 15) is 4.79 Å². The van der Waals surface area contributed by atoms with E-state index < -0.39 is 0 Å². The van der Waals surface area contributed by atoms with Crippen molar-refractivity contribution in [2.24, 2.45) is 0 Å². The predicted octanol–water partition coefficient (Wildman–Crippen LogP) is 3.00. The van der Waals surface area contributed by atoms with E-state index in [1.54, 1.807) is 0 Å². The maximum absolute atomic E-state index is 11.5. The Morgan fingerprint density at radius 1 is 1.24 bits per heavy atom. The molecule has 0 spiro atoms. The van der Waals surface area contributed by atoms with Crippen LogP contribution in [-0.2, 0) is 9.53 Å². The molecule has 3 nitrogen and oxygen atoms in total. The van der Waals surface area contributed by atoms with Gasteiger partial charge >= 0.3 is 5.97 Å². The van der Waals surface area contributed by atoms with Gasteiger partial charge in [0, 0.05) is 24.2 Å². The van der Waals surface area contributed by atoms with Gasteiger partial charge in [-0.05, 0) is 40.5 Å². The lowest BCUT2D eigenvalue weighted by Gasteiger charge is -2.30. The van der Waals surface area contributed by atoms with Crippen molar-refractivity contribution in [3.05, 3.63) is 11.6 Å². The second kappa shape index (κ2) is 8.29. The van der Waals surface area contributed by atoms with Crippen LogP contribution in [0.1, 0.15) is 47.5 Å². The first kappa shape index (κ1) is 16.2. The Labute approximate surface area is 106 Å². The quantitative estimate of drug-likeness (QED) is 0.507. The number of hydrogen-bond acceptors (Lipinski definition) is 3. The van der Waals surface area contributed by atoms with Gasteiger partial charge in [-0.3, -0.25) is 4.90 Å². The maximum atomic E-state index is 11.5. The summed E-state index contributed by atoms with van der Waals surface area (Å²) >= 11 is 0. The standard InChI is InChI=1S/C14H27NO2/c1-7-8-13(14(16)17-6)9-10-15(11(2)3)12(4)5/h8,11-12H,7,9-10H2,1-6H3. The fourth-order valence-corrected chi connectivity index (χ4v) is 2.03. The molecule has 3 heteroatoms. The lowest BCUT2D eigenvalue weighted by molar-refractivity contribution is -0.136. The van der Waals surface area contributed by atoms with E-state index in [2.05, 4.69) is 32.6 Å². The molecule has 0 aliphatic rings. The predicted molar refractivity (Wildman–Crippen MR) is 72.0 cm³/mol. The molecule has 0 saturated carbocycles. The lowest BCUT2D eigenvalue weighted by Crippen LogP contribution is -2.38. The number of allylic oxidation sites excluding steroid dienone is 1. The molecule has 0 aromatic rings. The first-order valence-electron chi connectivity index (χ1n) is 6.47. The van der Waals surface area contributed by atoms with Crippen molar-refractivity contribution < 1.29 is 9.53 Å². The minimum Gasteiger partial charge on any atom is -0.466 e. The summed E-state index contributed by atoms with van der Waals surface area (Å²) in [5.74, 6) is -0.195. The van der Waals surface area contributed by atoms with Crippen molar-refractivity contribution in [2.45, 2.75) is 59.5 Å². The summed E-state index contributed by atoms with van der Waals surface area (Å²) in [7, 11) is 1.44. The molecule has 0 bridgehead atoms. The second-order valence-corrected chi connectivity index (χ2v) is 4.80. The van der Waals surface area contributed by atoms with Crippen molar-refractivity contribution in [1.82, 2.24) is 4.90 Å². The Bertz CT molecular complexity index is 249. The number of esters is 1. The second-order valence-electron chi connectivity index (χ2n) is 4.80. The first-order chi connectivity index (χ1) is 7.93. The number of methoxy groups -OCH3 is 1. The van der Waals surface area contributed by atoms with Crippen molar-refractivity contribution in [3.63, 3.8) is 0 Å². The molecular formula is C14H27NO2. The highest BCUT2D eigenvalue weighted by Gasteiger charge is 2.16. The SMILES string of the molecule is CCC=C(CCN(C(C)C)C(C)C)C(=O)OC. The number of carbonyl (C=O) groups excluding carboxylic acids is 1. The van der Waals surface area contributed by atoms with E-state index in [4.69, 9.17) is 4.74 Å². The van der Waals surface area contributed by atoms with Crippen LogP contribution in [0.25, 0.3) is 0 Å². The van der Waals surface area contributed by atoms with Crippen LogP contribution in [0.3, 0.4) is 0 Å². The van der Waals surface area contributed by atoms with Crippen molar-refractivity contribution in [2.75, 3.05) is 13.7 Å². The minimum atomic E-state index is -0.195. The molecule has 0 heterocycles. The summed E-state index contributed by atoms with van der Waals surface area (Å²) in [4.78, 5) is 13.9. The number of hydrogen-bond donors (Lipinski definition) is 0. The molecule has 0 unspecified atom stereocenters. The van der Waals surface area contributed by atoms with Gasteiger partial charge in [-0.15, -0.1) is 0 Å². The van der Waals surface area contributed by atoms with E-state index in [0.29, 0.717) is 12.1 Å². The zero-order valence-corrected chi connectivity index (χ0v) is 12.1. The molecule has 0 saturated heterocycles. The van der Waals surface area contributed by atoms with E-state index >= 15 is 0 Å². The van der Waals surface area contributed by atoms with Crippen molar-refractivity contribution in [3.8, 4) is 0 Å². The van der Waals surface area contributed by atoms with Crippen LogP contribution < -0.4 is 0 Å². The molecule has 0 aromatic heterocycles. The van der Waals surface area contributed by atoms with Crippen LogP contribution >= 0.6 is 0 Å². The van der Waals surface area contributed by atoms with Gasteiger partial charge in [0.15, 0.2) is 0 Å². The Kier molecular flexibility index (Phi) is 7.88. The van der Waals surface area contributed by atoms with Gasteiger partial charge in [-0.1, -0.05) is 13.0 Å². The average molecular weight is 241 g/mol. The number of carbonyl (C=O) groups is 1. The molecule has 0 aliphatic carbocycles. The Morgan fingerprint density at radius 3 is 2.12 bits per heavy atom. The van der Waals surface area contributed by atoms with E-state index in [1.807, 2.05) is 13.0 Å². The summed E-state index contributed by atoms with van der Waals surface area (Å²) < 4.78 is 4.79. The lowest BCUT2D eigenvalue weighted by atomic mass is 10.1.